The first-order valence-electron chi connectivity index (χ1n) is 9.82. The molecule has 1 aliphatic heterocycles. The van der Waals surface area contributed by atoms with E-state index in [1.165, 1.54) is 10.4 Å². The summed E-state index contributed by atoms with van der Waals surface area (Å²) >= 11 is 8.15. The van der Waals surface area contributed by atoms with Gasteiger partial charge in [0, 0.05) is 34.2 Å². The minimum Gasteiger partial charge on any atom is -0.493 e. The van der Waals surface area contributed by atoms with Crippen molar-refractivity contribution in [1.29, 1.82) is 0 Å². The van der Waals surface area contributed by atoms with Gasteiger partial charge in [-0.3, -0.25) is 9.67 Å². The van der Waals surface area contributed by atoms with Gasteiger partial charge in [-0.2, -0.15) is 5.10 Å². The largest absolute Gasteiger partial charge is 0.493 e. The van der Waals surface area contributed by atoms with Crippen LogP contribution in [0.2, 0.25) is 5.02 Å². The number of hydrogen-bond donors (Lipinski definition) is 1. The van der Waals surface area contributed by atoms with Gasteiger partial charge in [0.1, 0.15) is 12.1 Å². The number of para-hydroxylation sites is 1. The van der Waals surface area contributed by atoms with Crippen LogP contribution in [0.5, 0.6) is 5.75 Å². The summed E-state index contributed by atoms with van der Waals surface area (Å²) in [6, 6.07) is 16.2. The molecule has 0 amide bonds. The summed E-state index contributed by atoms with van der Waals surface area (Å²) in [4.78, 5) is 2.33. The molecule has 5 aromatic rings. The second-order valence-corrected chi connectivity index (χ2v) is 8.76. The molecule has 6 nitrogen and oxygen atoms in total. The van der Waals surface area contributed by atoms with E-state index >= 15 is 0 Å². The summed E-state index contributed by atoms with van der Waals surface area (Å²) in [7, 11) is 0. The van der Waals surface area contributed by atoms with Crippen molar-refractivity contribution in [2.75, 3.05) is 6.61 Å². The Hall–Kier alpha value is -3.42. The van der Waals surface area contributed by atoms with Crippen LogP contribution < -0.4 is 4.74 Å². The Balaban J connectivity index is 1.45. The first-order chi connectivity index (χ1) is 15.3. The van der Waals surface area contributed by atoms with Gasteiger partial charge >= 0.3 is 0 Å². The summed E-state index contributed by atoms with van der Waals surface area (Å²) in [5.74, 6) is 1.66. The molecular weight excluding hydrogens is 430 g/mol. The van der Waals surface area contributed by atoms with Crippen molar-refractivity contribution in [2.45, 2.75) is 6.42 Å². The quantitative estimate of drug-likeness (QED) is 0.390. The van der Waals surface area contributed by atoms with Crippen molar-refractivity contribution in [3.63, 3.8) is 0 Å². The second kappa shape index (κ2) is 7.37. The molecule has 0 saturated heterocycles. The van der Waals surface area contributed by atoms with Crippen LogP contribution in [-0.2, 0) is 6.42 Å². The van der Waals surface area contributed by atoms with Crippen LogP contribution in [0.1, 0.15) is 4.88 Å². The smallest absolute Gasteiger partial charge is 0.178 e. The van der Waals surface area contributed by atoms with Gasteiger partial charge in [-0.25, -0.2) is 0 Å². The highest BCUT2D eigenvalue weighted by atomic mass is 35.5. The first kappa shape index (κ1) is 18.4. The number of ether oxygens (including phenoxy) is 1. The molecule has 0 unspecified atom stereocenters. The SMILES string of the molecule is Clc1ccccc1-n1cnnc1-c1cc2c(s1)CCOc1cc(-c3cn[nH]c3)ccc1-2. The molecule has 0 bridgehead atoms. The highest BCUT2D eigenvalue weighted by molar-refractivity contribution is 7.16. The standard InChI is InChI=1S/C23H16ClN5OS/c24-18-3-1-2-4-19(18)29-13-27-28-23(29)22-10-17-16-6-5-14(15-11-25-26-12-15)9-20(16)30-8-7-21(17)31-22/h1-6,9-13H,7-8H2,(H,25,26). The van der Waals surface area contributed by atoms with E-state index < -0.39 is 0 Å². The van der Waals surface area contributed by atoms with E-state index in [0.717, 1.165) is 45.2 Å². The highest BCUT2D eigenvalue weighted by Crippen LogP contribution is 2.44. The Labute approximate surface area is 187 Å². The molecule has 0 radical (unpaired) electrons. The molecule has 0 fully saturated rings. The number of rotatable bonds is 3. The molecule has 31 heavy (non-hydrogen) atoms. The molecule has 2 aromatic carbocycles. The van der Waals surface area contributed by atoms with Crippen LogP contribution >= 0.6 is 22.9 Å². The number of H-pyrrole nitrogens is 1. The summed E-state index contributed by atoms with van der Waals surface area (Å²) in [5.41, 5.74) is 5.24. The van der Waals surface area contributed by atoms with Crippen molar-refractivity contribution in [2.24, 2.45) is 0 Å². The van der Waals surface area contributed by atoms with Gasteiger partial charge < -0.3 is 4.74 Å². The molecule has 1 N–H and O–H groups in total. The number of nitrogens with one attached hydrogen (secondary N) is 1. The van der Waals surface area contributed by atoms with Gasteiger partial charge in [-0.1, -0.05) is 29.8 Å². The van der Waals surface area contributed by atoms with Gasteiger partial charge in [0.05, 0.1) is 28.4 Å². The third kappa shape index (κ3) is 3.13. The number of aromatic nitrogens is 5. The Morgan fingerprint density at radius 2 is 2.00 bits per heavy atom. The average Bonchev–Trinajstić information content (AvgIpc) is 3.53. The van der Waals surface area contributed by atoms with E-state index in [-0.39, 0.29) is 0 Å². The molecule has 1 aliphatic rings. The normalized spacial score (nSPS) is 12.7. The summed E-state index contributed by atoms with van der Waals surface area (Å²) in [5, 5.41) is 16.1. The zero-order valence-corrected chi connectivity index (χ0v) is 17.8. The number of hydrogen-bond acceptors (Lipinski definition) is 5. The van der Waals surface area contributed by atoms with E-state index in [2.05, 4.69) is 44.7 Å². The molecule has 0 aliphatic carbocycles. The zero-order chi connectivity index (χ0) is 20.8. The van der Waals surface area contributed by atoms with Gasteiger partial charge in [-0.15, -0.1) is 21.5 Å². The summed E-state index contributed by atoms with van der Waals surface area (Å²) in [6.07, 6.45) is 6.24. The Morgan fingerprint density at radius 3 is 2.87 bits per heavy atom. The lowest BCUT2D eigenvalue weighted by Crippen LogP contribution is -1.98. The lowest BCUT2D eigenvalue weighted by atomic mass is 10.0. The van der Waals surface area contributed by atoms with Crippen LogP contribution in [0.3, 0.4) is 0 Å². The Bertz CT molecular complexity index is 1390. The van der Waals surface area contributed by atoms with Crippen molar-refractivity contribution >= 4 is 22.9 Å². The lowest BCUT2D eigenvalue weighted by Gasteiger charge is -2.09. The molecule has 6 rings (SSSR count). The number of halogens is 1. The van der Waals surface area contributed by atoms with E-state index in [0.29, 0.717) is 11.6 Å². The van der Waals surface area contributed by atoms with Crippen LogP contribution in [0.25, 0.3) is 38.6 Å². The minimum atomic E-state index is 0.631. The minimum absolute atomic E-state index is 0.631. The third-order valence-electron chi connectivity index (χ3n) is 5.38. The van der Waals surface area contributed by atoms with Gasteiger partial charge in [0.25, 0.3) is 0 Å². The Morgan fingerprint density at radius 1 is 1.06 bits per heavy atom. The number of nitrogens with zero attached hydrogens (tertiary/aromatic N) is 4. The average molecular weight is 446 g/mol. The van der Waals surface area contributed by atoms with Crippen molar-refractivity contribution in [1.82, 2.24) is 25.0 Å². The van der Waals surface area contributed by atoms with E-state index in [9.17, 15) is 0 Å². The topological polar surface area (TPSA) is 68.6 Å². The highest BCUT2D eigenvalue weighted by Gasteiger charge is 2.22. The van der Waals surface area contributed by atoms with Crippen LogP contribution in [0, 0.1) is 0 Å². The van der Waals surface area contributed by atoms with Crippen LogP contribution in [-0.4, -0.2) is 31.6 Å². The number of benzene rings is 2. The third-order valence-corrected chi connectivity index (χ3v) is 6.89. The maximum absolute atomic E-state index is 6.43. The monoisotopic (exact) mass is 445 g/mol. The van der Waals surface area contributed by atoms with E-state index in [4.69, 9.17) is 16.3 Å². The van der Waals surface area contributed by atoms with Crippen LogP contribution in [0.15, 0.2) is 67.3 Å². The number of fused-ring (bicyclic) bond motifs is 3. The van der Waals surface area contributed by atoms with E-state index in [1.807, 2.05) is 41.2 Å². The number of aromatic amines is 1. The predicted molar refractivity (Wildman–Crippen MR) is 122 cm³/mol. The molecule has 8 heteroatoms. The fourth-order valence-electron chi connectivity index (χ4n) is 3.89. The molecular formula is C23H16ClN5OS. The summed E-state index contributed by atoms with van der Waals surface area (Å²) < 4.78 is 8.03. The Kier molecular flexibility index (Phi) is 4.36. The predicted octanol–water partition coefficient (Wildman–Crippen LogP) is 5.64. The maximum atomic E-state index is 6.43. The van der Waals surface area contributed by atoms with Gasteiger partial charge in [-0.05, 0) is 35.9 Å². The molecule has 0 atom stereocenters. The lowest BCUT2D eigenvalue weighted by molar-refractivity contribution is 0.327. The molecule has 3 aromatic heterocycles. The summed E-state index contributed by atoms with van der Waals surface area (Å²) in [6.45, 7) is 0.631. The van der Waals surface area contributed by atoms with Gasteiger partial charge in [0.15, 0.2) is 5.82 Å². The van der Waals surface area contributed by atoms with Crippen molar-refractivity contribution in [3.8, 4) is 44.4 Å². The van der Waals surface area contributed by atoms with Crippen LogP contribution in [0.4, 0.5) is 0 Å². The first-order valence-corrected chi connectivity index (χ1v) is 11.0. The second-order valence-electron chi connectivity index (χ2n) is 7.22. The molecule has 4 heterocycles. The zero-order valence-electron chi connectivity index (χ0n) is 16.2. The fourth-order valence-corrected chi connectivity index (χ4v) is 5.25. The van der Waals surface area contributed by atoms with Gasteiger partial charge in [0.2, 0.25) is 0 Å². The fraction of sp³-hybridized carbons (Fsp3) is 0.0870. The molecule has 0 saturated carbocycles. The van der Waals surface area contributed by atoms with Crippen molar-refractivity contribution in [3.05, 3.63) is 77.2 Å². The number of thiophene rings is 1. The maximum Gasteiger partial charge on any atom is 0.178 e. The van der Waals surface area contributed by atoms with E-state index in [1.54, 1.807) is 17.7 Å². The molecule has 0 spiro atoms. The molecule has 152 valence electrons. The van der Waals surface area contributed by atoms with Crippen molar-refractivity contribution < 1.29 is 4.74 Å².